The van der Waals surface area contributed by atoms with Crippen LogP contribution in [0, 0.1) is 0 Å². The molecule has 0 unspecified atom stereocenters. The van der Waals surface area contributed by atoms with Gasteiger partial charge in [-0.1, -0.05) is 84.4 Å². The Bertz CT molecular complexity index is 1300. The highest BCUT2D eigenvalue weighted by atomic mass is 35.5. The summed E-state index contributed by atoms with van der Waals surface area (Å²) in [6.07, 6.45) is -2.24. The van der Waals surface area contributed by atoms with Crippen molar-refractivity contribution in [2.75, 3.05) is 39.0 Å². The van der Waals surface area contributed by atoms with Crippen LogP contribution in [0.1, 0.15) is 41.0 Å². The molecule has 1 fully saturated rings. The minimum absolute atomic E-state index is 0.00829. The molecule has 5 nitrogen and oxygen atoms in total. The number of hydrogen-bond donors (Lipinski definition) is 0. The summed E-state index contributed by atoms with van der Waals surface area (Å²) in [5.41, 5.74) is 1.79. The average molecular weight is 595 g/mol. The molecule has 1 aliphatic heterocycles. The van der Waals surface area contributed by atoms with Gasteiger partial charge in [0.2, 0.25) is 10.0 Å². The van der Waals surface area contributed by atoms with Gasteiger partial charge in [0, 0.05) is 45.2 Å². The summed E-state index contributed by atoms with van der Waals surface area (Å²) < 4.78 is 71.7. The quantitative estimate of drug-likeness (QED) is 0.227. The molecule has 0 radical (unpaired) electrons. The Kier molecular flexibility index (Phi) is 10.3. The molecule has 3 aromatic rings. The van der Waals surface area contributed by atoms with Gasteiger partial charge in [-0.2, -0.15) is 17.5 Å². The highest BCUT2D eigenvalue weighted by Crippen LogP contribution is 2.37. The number of ether oxygens (including phenoxy) is 1. The maximum Gasteiger partial charge on any atom is 0.417 e. The Labute approximate surface area is 239 Å². The van der Waals surface area contributed by atoms with Crippen molar-refractivity contribution < 1.29 is 26.3 Å². The normalized spacial score (nSPS) is 16.7. The first kappa shape index (κ1) is 30.5. The summed E-state index contributed by atoms with van der Waals surface area (Å²) in [7, 11) is -3.25. The first-order valence-corrected chi connectivity index (χ1v) is 15.5. The first-order chi connectivity index (χ1) is 19.0. The molecule has 0 spiro atoms. The summed E-state index contributed by atoms with van der Waals surface area (Å²) in [4.78, 5) is 2.12. The monoisotopic (exact) mass is 594 g/mol. The second-order valence-corrected chi connectivity index (χ2v) is 12.5. The van der Waals surface area contributed by atoms with Crippen molar-refractivity contribution in [2.24, 2.45) is 0 Å². The SMILES string of the molecule is CS(=O)(=O)N1CC[C@H](OCCCN(Cc2cccc(C(F)(F)F)c2Cl)CC(c2ccccc2)c2ccccc2)C1. The topological polar surface area (TPSA) is 49.9 Å². The van der Waals surface area contributed by atoms with Crippen LogP contribution >= 0.6 is 11.6 Å². The second-order valence-electron chi connectivity index (χ2n) is 10.1. The third-order valence-electron chi connectivity index (χ3n) is 7.17. The lowest BCUT2D eigenvalue weighted by molar-refractivity contribution is -0.137. The third kappa shape index (κ3) is 8.30. The van der Waals surface area contributed by atoms with E-state index in [1.165, 1.54) is 16.6 Å². The van der Waals surface area contributed by atoms with E-state index in [1.54, 1.807) is 6.07 Å². The fourth-order valence-corrected chi connectivity index (χ4v) is 6.27. The fraction of sp³-hybridized carbons (Fsp3) is 0.400. The zero-order valence-corrected chi connectivity index (χ0v) is 23.9. The van der Waals surface area contributed by atoms with E-state index in [1.807, 2.05) is 36.4 Å². The molecule has 216 valence electrons. The van der Waals surface area contributed by atoms with Gasteiger partial charge in [-0.3, -0.25) is 4.90 Å². The Morgan fingerprint density at radius 2 is 1.62 bits per heavy atom. The fourth-order valence-electron chi connectivity index (χ4n) is 5.10. The number of benzene rings is 3. The van der Waals surface area contributed by atoms with E-state index in [0.717, 1.165) is 17.2 Å². The number of sulfonamides is 1. The van der Waals surface area contributed by atoms with Crippen LogP contribution in [0.15, 0.2) is 78.9 Å². The molecule has 4 rings (SSSR count). The van der Waals surface area contributed by atoms with E-state index in [0.29, 0.717) is 51.2 Å². The van der Waals surface area contributed by atoms with Crippen LogP contribution in [0.25, 0.3) is 0 Å². The molecule has 40 heavy (non-hydrogen) atoms. The molecule has 0 bridgehead atoms. The van der Waals surface area contributed by atoms with Gasteiger partial charge in [-0.25, -0.2) is 8.42 Å². The van der Waals surface area contributed by atoms with E-state index in [9.17, 15) is 21.6 Å². The maximum atomic E-state index is 13.6. The Morgan fingerprint density at radius 1 is 1.00 bits per heavy atom. The molecular weight excluding hydrogens is 561 g/mol. The molecule has 1 heterocycles. The molecule has 1 saturated heterocycles. The lowest BCUT2D eigenvalue weighted by Crippen LogP contribution is -2.31. The smallest absolute Gasteiger partial charge is 0.377 e. The van der Waals surface area contributed by atoms with Gasteiger partial charge in [0.05, 0.1) is 22.9 Å². The van der Waals surface area contributed by atoms with E-state index in [2.05, 4.69) is 29.2 Å². The average Bonchev–Trinajstić information content (AvgIpc) is 3.41. The molecule has 0 saturated carbocycles. The summed E-state index contributed by atoms with van der Waals surface area (Å²) in [6.45, 7) is 2.56. The molecule has 0 aliphatic carbocycles. The standard InChI is InChI=1S/C30H34ClF3N2O3S/c1-40(37,38)36-18-16-26(21-36)39-19-9-17-35(20-25-14-8-15-28(29(25)31)30(32,33)34)22-27(23-10-4-2-5-11-23)24-12-6-3-7-13-24/h2-8,10-15,26-27H,9,16-22H2,1H3/t26-/m0/s1. The van der Waals surface area contributed by atoms with Gasteiger partial charge in [0.15, 0.2) is 0 Å². The largest absolute Gasteiger partial charge is 0.417 e. The second kappa shape index (κ2) is 13.5. The van der Waals surface area contributed by atoms with Gasteiger partial charge >= 0.3 is 6.18 Å². The van der Waals surface area contributed by atoms with Crippen LogP contribution < -0.4 is 0 Å². The van der Waals surface area contributed by atoms with E-state index in [-0.39, 0.29) is 23.6 Å². The highest BCUT2D eigenvalue weighted by molar-refractivity contribution is 7.88. The number of alkyl halides is 3. The molecule has 1 aliphatic rings. The van der Waals surface area contributed by atoms with Gasteiger partial charge in [-0.05, 0) is 35.6 Å². The van der Waals surface area contributed by atoms with E-state index >= 15 is 0 Å². The van der Waals surface area contributed by atoms with Crippen molar-refractivity contribution in [3.8, 4) is 0 Å². The van der Waals surface area contributed by atoms with Gasteiger partial charge < -0.3 is 4.74 Å². The number of rotatable bonds is 12. The third-order valence-corrected chi connectivity index (χ3v) is 8.89. The summed E-state index contributed by atoms with van der Waals surface area (Å²) in [6, 6.07) is 24.1. The lowest BCUT2D eigenvalue weighted by Gasteiger charge is -2.29. The van der Waals surface area contributed by atoms with Crippen LogP contribution in [0.5, 0.6) is 0 Å². The van der Waals surface area contributed by atoms with E-state index < -0.39 is 21.8 Å². The Balaban J connectivity index is 1.51. The minimum atomic E-state index is -4.54. The van der Waals surface area contributed by atoms with Crippen molar-refractivity contribution in [1.29, 1.82) is 0 Å². The van der Waals surface area contributed by atoms with Crippen molar-refractivity contribution in [3.05, 3.63) is 106 Å². The Morgan fingerprint density at radius 3 is 2.17 bits per heavy atom. The van der Waals surface area contributed by atoms with Crippen LogP contribution in [0.4, 0.5) is 13.2 Å². The van der Waals surface area contributed by atoms with Crippen molar-refractivity contribution >= 4 is 21.6 Å². The number of halogens is 4. The zero-order chi connectivity index (χ0) is 28.8. The molecule has 0 N–H and O–H groups in total. The van der Waals surface area contributed by atoms with Crippen LogP contribution in [0.3, 0.4) is 0 Å². The van der Waals surface area contributed by atoms with Crippen molar-refractivity contribution in [3.63, 3.8) is 0 Å². The van der Waals surface area contributed by atoms with E-state index in [4.69, 9.17) is 16.3 Å². The predicted octanol–water partition coefficient (Wildman–Crippen LogP) is 6.43. The van der Waals surface area contributed by atoms with Gasteiger partial charge in [0.25, 0.3) is 0 Å². The molecule has 0 amide bonds. The van der Waals surface area contributed by atoms with Crippen molar-refractivity contribution in [2.45, 2.75) is 37.6 Å². The lowest BCUT2D eigenvalue weighted by atomic mass is 9.90. The van der Waals surface area contributed by atoms with Crippen LogP contribution in [0.2, 0.25) is 5.02 Å². The number of hydrogen-bond acceptors (Lipinski definition) is 4. The maximum absolute atomic E-state index is 13.6. The zero-order valence-electron chi connectivity index (χ0n) is 22.4. The summed E-state index contributed by atoms with van der Waals surface area (Å²) >= 11 is 6.28. The van der Waals surface area contributed by atoms with Crippen LogP contribution in [-0.4, -0.2) is 62.8 Å². The van der Waals surface area contributed by atoms with Crippen LogP contribution in [-0.2, 0) is 27.5 Å². The molecule has 1 atom stereocenters. The van der Waals surface area contributed by atoms with Crippen molar-refractivity contribution in [1.82, 2.24) is 9.21 Å². The molecule has 10 heteroatoms. The molecule has 3 aromatic carbocycles. The first-order valence-electron chi connectivity index (χ1n) is 13.3. The Hall–Kier alpha value is -2.43. The minimum Gasteiger partial charge on any atom is -0.377 e. The highest BCUT2D eigenvalue weighted by Gasteiger charge is 2.34. The molecular formula is C30H34ClF3N2O3S. The van der Waals surface area contributed by atoms with Gasteiger partial charge in [-0.15, -0.1) is 0 Å². The summed E-state index contributed by atoms with van der Waals surface area (Å²) in [5.74, 6) is -0.00829. The number of nitrogens with zero attached hydrogens (tertiary/aromatic N) is 2. The predicted molar refractivity (Wildman–Crippen MR) is 152 cm³/mol. The summed E-state index contributed by atoms with van der Waals surface area (Å²) in [5, 5.41) is -0.279. The molecule has 0 aromatic heterocycles. The van der Waals surface area contributed by atoms with Gasteiger partial charge in [0.1, 0.15) is 0 Å².